The van der Waals surface area contributed by atoms with E-state index in [4.69, 9.17) is 23.3 Å². The standard InChI is InChI=1S/C21H23O8P/c1-6-19(22)28-17-13-18(30(24,26-8-3)27-9-4)21(29-20(23)7-2)15-11-10-14(25-5)12-16(15)17/h6-7,10-13H,1-2,8-9H2,3-5H3. The van der Waals surface area contributed by atoms with Crippen LogP contribution in [0.2, 0.25) is 0 Å². The van der Waals surface area contributed by atoms with Gasteiger partial charge in [0, 0.05) is 29.0 Å². The summed E-state index contributed by atoms with van der Waals surface area (Å²) < 4.78 is 40.4. The second-order valence-corrected chi connectivity index (χ2v) is 7.71. The highest BCUT2D eigenvalue weighted by Gasteiger charge is 2.34. The minimum Gasteiger partial charge on any atom is -0.497 e. The molecule has 0 unspecified atom stereocenters. The molecule has 0 fully saturated rings. The highest BCUT2D eigenvalue weighted by molar-refractivity contribution is 7.62. The quantitative estimate of drug-likeness (QED) is 0.240. The molecule has 0 aromatic heterocycles. The van der Waals surface area contributed by atoms with Gasteiger partial charge in [0.15, 0.2) is 5.75 Å². The van der Waals surface area contributed by atoms with Crippen LogP contribution in [0, 0.1) is 0 Å². The Labute approximate surface area is 174 Å². The first-order chi connectivity index (χ1) is 14.3. The van der Waals surface area contributed by atoms with Gasteiger partial charge in [0.05, 0.1) is 20.3 Å². The summed E-state index contributed by atoms with van der Waals surface area (Å²) in [5.41, 5.74) is 0. The Kier molecular flexibility index (Phi) is 7.94. The van der Waals surface area contributed by atoms with Crippen LogP contribution in [-0.2, 0) is 23.2 Å². The van der Waals surface area contributed by atoms with Gasteiger partial charge in [0.25, 0.3) is 0 Å². The van der Waals surface area contributed by atoms with Crippen LogP contribution >= 0.6 is 7.60 Å². The number of carbonyl (C=O) groups is 2. The van der Waals surface area contributed by atoms with Crippen LogP contribution in [-0.4, -0.2) is 32.3 Å². The van der Waals surface area contributed by atoms with Crippen molar-refractivity contribution in [2.24, 2.45) is 0 Å². The molecule has 30 heavy (non-hydrogen) atoms. The Balaban J connectivity index is 2.94. The lowest BCUT2D eigenvalue weighted by Gasteiger charge is -2.22. The minimum atomic E-state index is -3.94. The predicted molar refractivity (Wildman–Crippen MR) is 113 cm³/mol. The van der Waals surface area contributed by atoms with Crippen LogP contribution in [0.1, 0.15) is 13.8 Å². The molecule has 0 amide bonds. The van der Waals surface area contributed by atoms with E-state index in [1.165, 1.54) is 13.2 Å². The third kappa shape index (κ3) is 4.97. The van der Waals surface area contributed by atoms with Crippen LogP contribution in [0.3, 0.4) is 0 Å². The van der Waals surface area contributed by atoms with Gasteiger partial charge in [-0.3, -0.25) is 4.57 Å². The molecule has 0 heterocycles. The van der Waals surface area contributed by atoms with Gasteiger partial charge in [-0.1, -0.05) is 13.2 Å². The summed E-state index contributed by atoms with van der Waals surface area (Å²) in [6.07, 6.45) is 1.96. The number of fused-ring (bicyclic) bond motifs is 1. The van der Waals surface area contributed by atoms with Crippen LogP contribution in [0.5, 0.6) is 17.2 Å². The predicted octanol–water partition coefficient (Wildman–Crippen LogP) is 3.92. The van der Waals surface area contributed by atoms with Crippen LogP contribution in [0.4, 0.5) is 0 Å². The van der Waals surface area contributed by atoms with Crippen molar-refractivity contribution in [2.45, 2.75) is 13.8 Å². The topological polar surface area (TPSA) is 97.4 Å². The van der Waals surface area contributed by atoms with Crippen molar-refractivity contribution in [3.63, 3.8) is 0 Å². The summed E-state index contributed by atoms with van der Waals surface area (Å²) in [7, 11) is -2.46. The maximum Gasteiger partial charge on any atom is 0.365 e. The molecule has 0 radical (unpaired) electrons. The second kappa shape index (κ2) is 10.2. The normalized spacial score (nSPS) is 11.0. The molecule has 2 aromatic carbocycles. The number of hydrogen-bond donors (Lipinski definition) is 0. The first-order valence-electron chi connectivity index (χ1n) is 9.06. The van der Waals surface area contributed by atoms with E-state index in [-0.39, 0.29) is 30.0 Å². The van der Waals surface area contributed by atoms with Crippen molar-refractivity contribution < 1.29 is 37.4 Å². The molecule has 0 saturated heterocycles. The number of rotatable bonds is 10. The van der Waals surface area contributed by atoms with Gasteiger partial charge in [-0.25, -0.2) is 9.59 Å². The van der Waals surface area contributed by atoms with E-state index in [2.05, 4.69) is 13.2 Å². The van der Waals surface area contributed by atoms with Crippen molar-refractivity contribution in [3.8, 4) is 17.2 Å². The smallest absolute Gasteiger partial charge is 0.365 e. The van der Waals surface area contributed by atoms with Crippen molar-refractivity contribution in [3.05, 3.63) is 49.6 Å². The molecule has 8 nitrogen and oxygen atoms in total. The van der Waals surface area contributed by atoms with E-state index in [0.717, 1.165) is 12.2 Å². The zero-order valence-corrected chi connectivity index (χ0v) is 17.9. The monoisotopic (exact) mass is 434 g/mol. The highest BCUT2D eigenvalue weighted by Crippen LogP contribution is 2.52. The van der Waals surface area contributed by atoms with E-state index in [9.17, 15) is 14.2 Å². The number of esters is 2. The molecule has 0 aliphatic carbocycles. The average molecular weight is 434 g/mol. The van der Waals surface area contributed by atoms with E-state index in [0.29, 0.717) is 16.5 Å². The molecule has 160 valence electrons. The molecule has 0 N–H and O–H groups in total. The second-order valence-electron chi connectivity index (χ2n) is 5.72. The minimum absolute atomic E-state index is 0.0434. The summed E-state index contributed by atoms with van der Waals surface area (Å²) in [5.74, 6) is -1.06. The number of benzene rings is 2. The van der Waals surface area contributed by atoms with Crippen molar-refractivity contribution in [1.82, 2.24) is 0 Å². The molecule has 2 rings (SSSR count). The molecular weight excluding hydrogens is 411 g/mol. The number of ether oxygens (including phenoxy) is 3. The van der Waals surface area contributed by atoms with Crippen molar-refractivity contribution in [1.29, 1.82) is 0 Å². The van der Waals surface area contributed by atoms with Crippen molar-refractivity contribution in [2.75, 3.05) is 20.3 Å². The summed E-state index contributed by atoms with van der Waals surface area (Å²) in [6, 6.07) is 6.07. The number of carbonyl (C=O) groups excluding carboxylic acids is 2. The molecule has 0 bridgehead atoms. The zero-order chi connectivity index (χ0) is 22.3. The maximum atomic E-state index is 13.5. The van der Waals surface area contributed by atoms with Gasteiger partial charge in [-0.2, -0.15) is 0 Å². The lowest BCUT2D eigenvalue weighted by Crippen LogP contribution is -2.18. The van der Waals surface area contributed by atoms with E-state index in [1.54, 1.807) is 32.0 Å². The first-order valence-corrected chi connectivity index (χ1v) is 10.6. The van der Waals surface area contributed by atoms with E-state index >= 15 is 0 Å². The highest BCUT2D eigenvalue weighted by atomic mass is 31.2. The molecular formula is C21H23O8P. The van der Waals surface area contributed by atoms with E-state index in [1.807, 2.05) is 0 Å². The van der Waals surface area contributed by atoms with Gasteiger partial charge in [-0.05, 0) is 32.0 Å². The molecule has 9 heteroatoms. The Morgan fingerprint density at radius 1 is 0.967 bits per heavy atom. The number of methoxy groups -OCH3 is 1. The fraction of sp³-hybridized carbons (Fsp3) is 0.238. The molecule has 2 aromatic rings. The Morgan fingerprint density at radius 2 is 1.57 bits per heavy atom. The summed E-state index contributed by atoms with van der Waals surface area (Å²) in [5, 5.41) is 0.639. The van der Waals surface area contributed by atoms with Gasteiger partial charge in [0.1, 0.15) is 16.8 Å². The average Bonchev–Trinajstić information content (AvgIpc) is 2.74. The summed E-state index contributed by atoms with van der Waals surface area (Å²) in [6.45, 7) is 10.2. The van der Waals surface area contributed by atoms with Gasteiger partial charge in [0.2, 0.25) is 0 Å². The van der Waals surface area contributed by atoms with Gasteiger partial charge < -0.3 is 23.3 Å². The fourth-order valence-corrected chi connectivity index (χ4v) is 4.38. The molecule has 0 aliphatic heterocycles. The summed E-state index contributed by atoms with van der Waals surface area (Å²) in [4.78, 5) is 23.9. The molecule has 0 saturated carbocycles. The molecule has 0 aliphatic rings. The maximum absolute atomic E-state index is 13.5. The third-order valence-corrected chi connectivity index (χ3v) is 6.00. The summed E-state index contributed by atoms with van der Waals surface area (Å²) >= 11 is 0. The van der Waals surface area contributed by atoms with Gasteiger partial charge in [-0.15, -0.1) is 0 Å². The lowest BCUT2D eigenvalue weighted by atomic mass is 10.1. The van der Waals surface area contributed by atoms with Crippen molar-refractivity contribution >= 4 is 35.6 Å². The van der Waals surface area contributed by atoms with Crippen LogP contribution in [0.25, 0.3) is 10.8 Å². The Hall–Kier alpha value is -2.93. The largest absolute Gasteiger partial charge is 0.497 e. The lowest BCUT2D eigenvalue weighted by molar-refractivity contribution is -0.129. The van der Waals surface area contributed by atoms with Crippen LogP contribution < -0.4 is 19.5 Å². The Morgan fingerprint density at radius 3 is 2.10 bits per heavy atom. The molecule has 0 spiro atoms. The Bertz CT molecular complexity index is 1020. The van der Waals surface area contributed by atoms with Crippen LogP contribution in [0.15, 0.2) is 49.6 Å². The van der Waals surface area contributed by atoms with Gasteiger partial charge >= 0.3 is 19.5 Å². The van der Waals surface area contributed by atoms with E-state index < -0.39 is 19.5 Å². The number of hydrogen-bond acceptors (Lipinski definition) is 8. The SMILES string of the molecule is C=CC(=O)Oc1cc(P(=O)(OCC)OCC)c(OC(=O)C=C)c2ccc(OC)cc12. The molecule has 0 atom stereocenters. The fourth-order valence-electron chi connectivity index (χ4n) is 2.66. The first kappa shape index (κ1) is 23.3. The zero-order valence-electron chi connectivity index (χ0n) is 17.0. The third-order valence-electron chi connectivity index (χ3n) is 3.88.